The standard InChI is InChI=1S/C23H27N7O/c1-16-7-6-9-20(25-16)27-21-13-17(2)26-23(28-21)19-8-4-5-12-30(19)22(31)11-10-18-14-24-29(3)15-18/h6-7,9-11,13-15,19H,4-5,8,12H2,1-3H3,(H,25,26,27,28). The molecule has 0 aromatic carbocycles. The van der Waals surface area contributed by atoms with Gasteiger partial charge in [0, 0.05) is 48.9 Å². The number of aromatic nitrogens is 5. The summed E-state index contributed by atoms with van der Waals surface area (Å²) in [5, 5.41) is 7.41. The molecule has 0 radical (unpaired) electrons. The summed E-state index contributed by atoms with van der Waals surface area (Å²) in [6.07, 6.45) is 9.89. The quantitative estimate of drug-likeness (QED) is 0.636. The van der Waals surface area contributed by atoms with Crippen LogP contribution in [0.5, 0.6) is 0 Å². The summed E-state index contributed by atoms with van der Waals surface area (Å²) in [5.74, 6) is 2.05. The molecule has 1 aliphatic heterocycles. The molecule has 1 amide bonds. The molecular formula is C23H27N7O. The number of rotatable bonds is 5. The van der Waals surface area contributed by atoms with E-state index in [9.17, 15) is 4.79 Å². The van der Waals surface area contributed by atoms with Gasteiger partial charge in [0.25, 0.3) is 0 Å². The van der Waals surface area contributed by atoms with Crippen LogP contribution in [-0.2, 0) is 11.8 Å². The van der Waals surface area contributed by atoms with Gasteiger partial charge in [0.05, 0.1) is 12.2 Å². The van der Waals surface area contributed by atoms with Gasteiger partial charge >= 0.3 is 0 Å². The molecule has 0 saturated carbocycles. The molecule has 1 saturated heterocycles. The smallest absolute Gasteiger partial charge is 0.247 e. The molecule has 8 nitrogen and oxygen atoms in total. The fraction of sp³-hybridized carbons (Fsp3) is 0.348. The molecule has 1 N–H and O–H groups in total. The van der Waals surface area contributed by atoms with Crippen molar-refractivity contribution in [2.75, 3.05) is 11.9 Å². The molecule has 4 rings (SSSR count). The second kappa shape index (κ2) is 9.07. The van der Waals surface area contributed by atoms with E-state index in [4.69, 9.17) is 4.98 Å². The third-order valence-electron chi connectivity index (χ3n) is 5.24. The monoisotopic (exact) mass is 417 g/mol. The zero-order valence-corrected chi connectivity index (χ0v) is 18.1. The van der Waals surface area contributed by atoms with Gasteiger partial charge in [0.1, 0.15) is 11.6 Å². The van der Waals surface area contributed by atoms with Crippen LogP contribution in [0.4, 0.5) is 11.6 Å². The van der Waals surface area contributed by atoms with Crippen LogP contribution >= 0.6 is 0 Å². The maximum Gasteiger partial charge on any atom is 0.247 e. The molecule has 3 aromatic heterocycles. The van der Waals surface area contributed by atoms with Crippen LogP contribution < -0.4 is 5.32 Å². The van der Waals surface area contributed by atoms with E-state index in [1.807, 2.05) is 56.3 Å². The number of aryl methyl sites for hydroxylation is 3. The van der Waals surface area contributed by atoms with Crippen molar-refractivity contribution in [1.82, 2.24) is 29.6 Å². The molecule has 1 unspecified atom stereocenters. The predicted octanol–water partition coefficient (Wildman–Crippen LogP) is 3.73. The summed E-state index contributed by atoms with van der Waals surface area (Å²) in [6.45, 7) is 4.59. The highest BCUT2D eigenvalue weighted by atomic mass is 16.2. The average molecular weight is 418 g/mol. The maximum absolute atomic E-state index is 13.0. The number of carbonyl (C=O) groups is 1. The van der Waals surface area contributed by atoms with Gasteiger partial charge in [-0.1, -0.05) is 6.07 Å². The van der Waals surface area contributed by atoms with Gasteiger partial charge in [-0.2, -0.15) is 5.10 Å². The van der Waals surface area contributed by atoms with E-state index >= 15 is 0 Å². The Balaban J connectivity index is 1.56. The highest BCUT2D eigenvalue weighted by Crippen LogP contribution is 2.30. The summed E-state index contributed by atoms with van der Waals surface area (Å²) < 4.78 is 1.71. The normalized spacial score (nSPS) is 16.6. The summed E-state index contributed by atoms with van der Waals surface area (Å²) in [7, 11) is 1.85. The Hall–Kier alpha value is -3.55. The summed E-state index contributed by atoms with van der Waals surface area (Å²) >= 11 is 0. The van der Waals surface area contributed by atoms with Gasteiger partial charge in [-0.25, -0.2) is 15.0 Å². The van der Waals surface area contributed by atoms with Crippen LogP contribution in [0.15, 0.2) is 42.7 Å². The van der Waals surface area contributed by atoms with Crippen molar-refractivity contribution in [1.29, 1.82) is 0 Å². The second-order valence-corrected chi connectivity index (χ2v) is 7.87. The Morgan fingerprint density at radius 2 is 2.00 bits per heavy atom. The first-order valence-electron chi connectivity index (χ1n) is 10.5. The summed E-state index contributed by atoms with van der Waals surface area (Å²) in [5.41, 5.74) is 2.68. The number of carbonyl (C=O) groups excluding carboxylic acids is 1. The van der Waals surface area contributed by atoms with Crippen molar-refractivity contribution in [3.8, 4) is 0 Å². The van der Waals surface area contributed by atoms with Crippen molar-refractivity contribution in [3.05, 3.63) is 65.5 Å². The lowest BCUT2D eigenvalue weighted by Gasteiger charge is -2.34. The maximum atomic E-state index is 13.0. The minimum Gasteiger partial charge on any atom is -0.329 e. The molecule has 0 bridgehead atoms. The lowest BCUT2D eigenvalue weighted by atomic mass is 10.0. The molecule has 160 valence electrons. The number of hydrogen-bond acceptors (Lipinski definition) is 6. The zero-order chi connectivity index (χ0) is 21.8. The van der Waals surface area contributed by atoms with Crippen LogP contribution in [0.3, 0.4) is 0 Å². The third-order valence-corrected chi connectivity index (χ3v) is 5.24. The number of piperidine rings is 1. The van der Waals surface area contributed by atoms with Crippen molar-refractivity contribution in [3.63, 3.8) is 0 Å². The van der Waals surface area contributed by atoms with Gasteiger partial charge in [0.15, 0.2) is 5.82 Å². The van der Waals surface area contributed by atoms with Gasteiger partial charge < -0.3 is 10.2 Å². The van der Waals surface area contributed by atoms with E-state index in [-0.39, 0.29) is 11.9 Å². The van der Waals surface area contributed by atoms with Crippen molar-refractivity contribution in [2.45, 2.75) is 39.2 Å². The van der Waals surface area contributed by atoms with Gasteiger partial charge in [-0.05, 0) is 51.3 Å². The first-order chi connectivity index (χ1) is 15.0. The lowest BCUT2D eigenvalue weighted by molar-refractivity contribution is -0.129. The molecule has 4 heterocycles. The first-order valence-corrected chi connectivity index (χ1v) is 10.5. The molecule has 3 aromatic rings. The Morgan fingerprint density at radius 1 is 1.13 bits per heavy atom. The van der Waals surface area contributed by atoms with Crippen LogP contribution in [0.2, 0.25) is 0 Å². The average Bonchev–Trinajstić information content (AvgIpc) is 3.17. The van der Waals surface area contributed by atoms with Crippen LogP contribution in [0, 0.1) is 13.8 Å². The van der Waals surface area contributed by atoms with E-state index in [1.165, 1.54) is 0 Å². The number of nitrogens with one attached hydrogen (secondary N) is 1. The van der Waals surface area contributed by atoms with Crippen LogP contribution in [-0.4, -0.2) is 42.1 Å². The molecule has 8 heteroatoms. The van der Waals surface area contributed by atoms with E-state index in [0.717, 1.165) is 42.0 Å². The van der Waals surface area contributed by atoms with E-state index in [1.54, 1.807) is 23.0 Å². The molecule has 1 atom stereocenters. The molecule has 1 aliphatic rings. The molecule has 0 aliphatic carbocycles. The number of nitrogens with zero attached hydrogens (tertiary/aromatic N) is 6. The fourth-order valence-electron chi connectivity index (χ4n) is 3.80. The van der Waals surface area contributed by atoms with Crippen molar-refractivity contribution in [2.24, 2.45) is 7.05 Å². The highest BCUT2D eigenvalue weighted by Gasteiger charge is 2.29. The fourth-order valence-corrected chi connectivity index (χ4v) is 3.80. The Kier molecular flexibility index (Phi) is 6.06. The van der Waals surface area contributed by atoms with Gasteiger partial charge in [-0.15, -0.1) is 0 Å². The largest absolute Gasteiger partial charge is 0.329 e. The first kappa shape index (κ1) is 20.7. The van der Waals surface area contributed by atoms with Crippen molar-refractivity contribution < 1.29 is 4.79 Å². The number of pyridine rings is 1. The van der Waals surface area contributed by atoms with Gasteiger partial charge in [0.2, 0.25) is 5.91 Å². The number of likely N-dealkylation sites (tertiary alicyclic amines) is 1. The van der Waals surface area contributed by atoms with Gasteiger partial charge in [-0.3, -0.25) is 9.48 Å². The third kappa shape index (κ3) is 5.14. The summed E-state index contributed by atoms with van der Waals surface area (Å²) in [6, 6.07) is 7.56. The Morgan fingerprint density at radius 3 is 2.77 bits per heavy atom. The number of anilines is 2. The number of hydrogen-bond donors (Lipinski definition) is 1. The van der Waals surface area contributed by atoms with E-state index in [2.05, 4.69) is 20.4 Å². The minimum atomic E-state index is -0.147. The van der Waals surface area contributed by atoms with E-state index in [0.29, 0.717) is 18.2 Å². The van der Waals surface area contributed by atoms with Crippen molar-refractivity contribution >= 4 is 23.6 Å². The molecule has 0 spiro atoms. The Bertz CT molecular complexity index is 1100. The Labute approximate surface area is 182 Å². The molecular weight excluding hydrogens is 390 g/mol. The summed E-state index contributed by atoms with van der Waals surface area (Å²) in [4.78, 5) is 28.8. The highest BCUT2D eigenvalue weighted by molar-refractivity contribution is 5.92. The zero-order valence-electron chi connectivity index (χ0n) is 18.1. The van der Waals surface area contributed by atoms with Crippen LogP contribution in [0.1, 0.15) is 48.1 Å². The molecule has 1 fully saturated rings. The number of amides is 1. The predicted molar refractivity (Wildman–Crippen MR) is 120 cm³/mol. The minimum absolute atomic E-state index is 0.0338. The SMILES string of the molecule is Cc1cccc(Nc2cc(C)nc(C3CCCCN3C(=O)C=Cc3cnn(C)c3)n2)n1. The van der Waals surface area contributed by atoms with E-state index < -0.39 is 0 Å². The van der Waals surface area contributed by atoms with Crippen LogP contribution in [0.25, 0.3) is 6.08 Å². The molecule has 31 heavy (non-hydrogen) atoms. The topological polar surface area (TPSA) is 88.8 Å². The lowest BCUT2D eigenvalue weighted by Crippen LogP contribution is -2.38. The second-order valence-electron chi connectivity index (χ2n) is 7.87.